The minimum Gasteiger partial charge on any atom is -0.463 e. The molecule has 28 heavy (non-hydrogen) atoms. The molecular formula is C19H15N5O3S. The highest BCUT2D eigenvalue weighted by Crippen LogP contribution is 2.32. The largest absolute Gasteiger partial charge is 0.463 e. The van der Waals surface area contributed by atoms with Crippen LogP contribution in [0.15, 0.2) is 58.5 Å². The number of nitro groups is 1. The van der Waals surface area contributed by atoms with Gasteiger partial charge in [0.05, 0.1) is 22.8 Å². The minimum absolute atomic E-state index is 0.0393. The van der Waals surface area contributed by atoms with E-state index in [1.807, 2.05) is 23.6 Å². The highest BCUT2D eigenvalue weighted by Gasteiger charge is 2.28. The molecule has 0 bridgehead atoms. The number of hydrogen-bond donors (Lipinski definition) is 2. The molecule has 4 rings (SSSR count). The van der Waals surface area contributed by atoms with Crippen LogP contribution in [0.1, 0.15) is 16.6 Å². The van der Waals surface area contributed by atoms with E-state index in [2.05, 4.69) is 21.9 Å². The molecule has 2 N–H and O–H groups in total. The number of nitrogens with zero attached hydrogens (tertiary/aromatic N) is 3. The van der Waals surface area contributed by atoms with E-state index in [9.17, 15) is 15.4 Å². The molecule has 0 saturated carbocycles. The van der Waals surface area contributed by atoms with E-state index >= 15 is 0 Å². The molecule has 8 nitrogen and oxygen atoms in total. The van der Waals surface area contributed by atoms with Gasteiger partial charge in [0.15, 0.2) is 5.76 Å². The van der Waals surface area contributed by atoms with Crippen LogP contribution in [-0.4, -0.2) is 16.5 Å². The number of hydrazine groups is 1. The van der Waals surface area contributed by atoms with Gasteiger partial charge in [-0.3, -0.25) is 15.5 Å². The number of nitriles is 1. The molecule has 2 atom stereocenters. The molecule has 9 heteroatoms. The second kappa shape index (κ2) is 7.74. The van der Waals surface area contributed by atoms with Crippen molar-refractivity contribution in [3.05, 3.63) is 74.8 Å². The first-order valence-electron chi connectivity index (χ1n) is 8.50. The van der Waals surface area contributed by atoms with E-state index in [1.165, 1.54) is 17.4 Å². The maximum absolute atomic E-state index is 11.1. The topological polar surface area (TPSA) is 117 Å². The molecule has 1 aromatic carbocycles. The lowest BCUT2D eigenvalue weighted by Gasteiger charge is -2.16. The Morgan fingerprint density at radius 1 is 1.43 bits per heavy atom. The van der Waals surface area contributed by atoms with Crippen molar-refractivity contribution >= 4 is 22.6 Å². The van der Waals surface area contributed by atoms with Gasteiger partial charge in [-0.25, -0.2) is 10.4 Å². The predicted octanol–water partition coefficient (Wildman–Crippen LogP) is 3.68. The van der Waals surface area contributed by atoms with Gasteiger partial charge >= 0.3 is 0 Å². The van der Waals surface area contributed by atoms with Crippen LogP contribution in [-0.2, 0) is 0 Å². The van der Waals surface area contributed by atoms with Crippen molar-refractivity contribution in [2.45, 2.75) is 6.04 Å². The average Bonchev–Trinajstić information content (AvgIpc) is 3.47. The number of non-ortho nitro benzene ring substituents is 1. The van der Waals surface area contributed by atoms with Crippen LogP contribution in [0.2, 0.25) is 0 Å². The number of nitrogens with one attached hydrogen (secondary N) is 2. The molecule has 1 aliphatic rings. The fraction of sp³-hybridized carbons (Fsp3) is 0.158. The third-order valence-electron chi connectivity index (χ3n) is 4.47. The zero-order valence-electron chi connectivity index (χ0n) is 14.5. The van der Waals surface area contributed by atoms with Crippen LogP contribution < -0.4 is 10.9 Å². The average molecular weight is 393 g/mol. The number of hydrogen-bond acceptors (Lipinski definition) is 8. The van der Waals surface area contributed by atoms with Crippen LogP contribution in [0.5, 0.6) is 0 Å². The standard InChI is InChI=1S/C19H15N5O3S/c20-9-13(19-22-16(11-28-19)17-5-2-6-27-17)7-14-10-21-23-18(14)12-3-1-4-15(8-12)24(25)26/h1-8,11,14,18,21,23H,10H2/b13-7+. The highest BCUT2D eigenvalue weighted by atomic mass is 32.1. The van der Waals surface area contributed by atoms with Crippen molar-refractivity contribution in [2.24, 2.45) is 5.92 Å². The summed E-state index contributed by atoms with van der Waals surface area (Å²) in [6.07, 6.45) is 3.44. The lowest BCUT2D eigenvalue weighted by molar-refractivity contribution is -0.384. The fourth-order valence-corrected chi connectivity index (χ4v) is 3.92. The van der Waals surface area contributed by atoms with Gasteiger partial charge in [0.2, 0.25) is 0 Å². The van der Waals surface area contributed by atoms with Crippen molar-refractivity contribution in [1.29, 1.82) is 5.26 Å². The summed E-state index contributed by atoms with van der Waals surface area (Å²) in [4.78, 5) is 15.1. The molecule has 2 aromatic heterocycles. The number of nitro benzene ring substituents is 1. The summed E-state index contributed by atoms with van der Waals surface area (Å²) in [7, 11) is 0. The first kappa shape index (κ1) is 18.1. The summed E-state index contributed by atoms with van der Waals surface area (Å²) in [5.74, 6) is 0.589. The number of benzene rings is 1. The van der Waals surface area contributed by atoms with E-state index in [-0.39, 0.29) is 17.6 Å². The van der Waals surface area contributed by atoms with E-state index in [1.54, 1.807) is 24.5 Å². The number of furan rings is 1. The number of rotatable bonds is 5. The summed E-state index contributed by atoms with van der Waals surface area (Å²) >= 11 is 1.38. The minimum atomic E-state index is -0.414. The molecule has 1 aliphatic heterocycles. The summed E-state index contributed by atoms with van der Waals surface area (Å²) in [6, 6.07) is 12.1. The van der Waals surface area contributed by atoms with Gasteiger partial charge in [-0.2, -0.15) is 5.26 Å². The van der Waals surface area contributed by atoms with Crippen LogP contribution in [0.3, 0.4) is 0 Å². The Morgan fingerprint density at radius 2 is 2.32 bits per heavy atom. The Balaban J connectivity index is 1.62. The number of thiazole rings is 1. The summed E-state index contributed by atoms with van der Waals surface area (Å²) < 4.78 is 5.35. The lowest BCUT2D eigenvalue weighted by Crippen LogP contribution is -2.24. The smallest absolute Gasteiger partial charge is 0.269 e. The van der Waals surface area contributed by atoms with Crippen molar-refractivity contribution < 1.29 is 9.34 Å². The zero-order chi connectivity index (χ0) is 19.5. The molecule has 2 unspecified atom stereocenters. The van der Waals surface area contributed by atoms with Crippen LogP contribution in [0, 0.1) is 27.4 Å². The van der Waals surface area contributed by atoms with Gasteiger partial charge in [-0.15, -0.1) is 11.3 Å². The first-order valence-corrected chi connectivity index (χ1v) is 9.38. The van der Waals surface area contributed by atoms with Crippen molar-refractivity contribution in [3.8, 4) is 17.5 Å². The van der Waals surface area contributed by atoms with Gasteiger partial charge in [-0.1, -0.05) is 18.2 Å². The van der Waals surface area contributed by atoms with Crippen molar-refractivity contribution in [1.82, 2.24) is 15.8 Å². The van der Waals surface area contributed by atoms with Crippen LogP contribution >= 0.6 is 11.3 Å². The normalized spacial score (nSPS) is 19.5. The molecule has 0 radical (unpaired) electrons. The van der Waals surface area contributed by atoms with Gasteiger partial charge in [0.25, 0.3) is 5.69 Å². The van der Waals surface area contributed by atoms with Crippen molar-refractivity contribution in [3.63, 3.8) is 0 Å². The van der Waals surface area contributed by atoms with Gasteiger partial charge in [-0.05, 0) is 17.7 Å². The molecule has 1 fully saturated rings. The number of aromatic nitrogens is 1. The highest BCUT2D eigenvalue weighted by molar-refractivity contribution is 7.11. The monoisotopic (exact) mass is 393 g/mol. The summed E-state index contributed by atoms with van der Waals surface area (Å²) in [5.41, 5.74) is 8.19. The van der Waals surface area contributed by atoms with E-state index < -0.39 is 4.92 Å². The maximum atomic E-state index is 11.1. The molecular weight excluding hydrogens is 378 g/mol. The molecule has 140 valence electrons. The maximum Gasteiger partial charge on any atom is 0.269 e. The number of allylic oxidation sites excluding steroid dienone is 1. The fourth-order valence-electron chi connectivity index (χ4n) is 3.13. The SMILES string of the molecule is N#C/C(=C\C1CNNC1c1cccc([N+](=O)[O-])c1)c1nc(-c2ccco2)cs1. The Kier molecular flexibility index (Phi) is 4.99. The molecule has 0 spiro atoms. The third kappa shape index (κ3) is 3.57. The molecule has 1 saturated heterocycles. The Bertz CT molecular complexity index is 1070. The second-order valence-corrected chi connectivity index (χ2v) is 7.08. The summed E-state index contributed by atoms with van der Waals surface area (Å²) in [6.45, 7) is 0.592. The lowest BCUT2D eigenvalue weighted by atomic mass is 9.93. The first-order chi connectivity index (χ1) is 13.7. The van der Waals surface area contributed by atoms with E-state index in [0.717, 1.165) is 5.56 Å². The molecule has 0 amide bonds. The Hall–Kier alpha value is -3.32. The third-order valence-corrected chi connectivity index (χ3v) is 5.35. The van der Waals surface area contributed by atoms with E-state index in [4.69, 9.17) is 4.42 Å². The van der Waals surface area contributed by atoms with Crippen LogP contribution in [0.4, 0.5) is 5.69 Å². The van der Waals surface area contributed by atoms with Crippen molar-refractivity contribution in [2.75, 3.05) is 6.54 Å². The molecule has 3 aromatic rings. The van der Waals surface area contributed by atoms with Gasteiger partial charge in [0, 0.05) is 30.0 Å². The Labute approximate surface area is 164 Å². The van der Waals surface area contributed by atoms with Gasteiger partial charge in [0.1, 0.15) is 16.8 Å². The molecule has 3 heterocycles. The predicted molar refractivity (Wildman–Crippen MR) is 104 cm³/mol. The van der Waals surface area contributed by atoms with Crippen LogP contribution in [0.25, 0.3) is 17.0 Å². The molecule has 0 aliphatic carbocycles. The second-order valence-electron chi connectivity index (χ2n) is 6.23. The Morgan fingerprint density at radius 3 is 3.07 bits per heavy atom. The quantitative estimate of drug-likeness (QED) is 0.386. The van der Waals surface area contributed by atoms with E-state index in [0.29, 0.717) is 28.6 Å². The van der Waals surface area contributed by atoms with Gasteiger partial charge < -0.3 is 4.42 Å². The zero-order valence-corrected chi connectivity index (χ0v) is 15.3. The summed E-state index contributed by atoms with van der Waals surface area (Å²) in [5, 5.41) is 23.2.